The summed E-state index contributed by atoms with van der Waals surface area (Å²) < 4.78 is 5.40. The van der Waals surface area contributed by atoms with Gasteiger partial charge in [-0.3, -0.25) is 14.5 Å². The van der Waals surface area contributed by atoms with E-state index < -0.39 is 17.7 Å². The van der Waals surface area contributed by atoms with Crippen molar-refractivity contribution >= 4 is 23.6 Å². The molecule has 1 fully saturated rings. The van der Waals surface area contributed by atoms with Crippen LogP contribution in [-0.4, -0.2) is 47.0 Å². The molecule has 1 atom stereocenters. The van der Waals surface area contributed by atoms with Crippen LogP contribution in [0.5, 0.6) is 0 Å². The van der Waals surface area contributed by atoms with Crippen LogP contribution in [0.2, 0.25) is 0 Å². The molecule has 0 aromatic heterocycles. The predicted octanol–water partition coefficient (Wildman–Crippen LogP) is 3.09. The number of hydrogen-bond donors (Lipinski definition) is 2. The summed E-state index contributed by atoms with van der Waals surface area (Å²) in [5.74, 6) is -0.264. The zero-order chi connectivity index (χ0) is 20.9. The lowest BCUT2D eigenvalue weighted by Crippen LogP contribution is -2.45. The maximum Gasteiger partial charge on any atom is 0.410 e. The number of benzene rings is 1. The molecule has 0 unspecified atom stereocenters. The van der Waals surface area contributed by atoms with Crippen LogP contribution in [0, 0.1) is 0 Å². The first-order valence-corrected chi connectivity index (χ1v) is 9.74. The largest absolute Gasteiger partial charge is 0.444 e. The summed E-state index contributed by atoms with van der Waals surface area (Å²) in [7, 11) is 0. The SMILES string of the molecule is CC(C)NC(=O)Cc1ccc(NC(=O)[C@@H]2CCCN2C(=O)OC(C)(C)C)cc1. The number of rotatable bonds is 5. The first-order chi connectivity index (χ1) is 13.0. The second kappa shape index (κ2) is 9.08. The Morgan fingerprint density at radius 1 is 1.18 bits per heavy atom. The van der Waals surface area contributed by atoms with E-state index in [1.165, 1.54) is 4.90 Å². The second-order valence-electron chi connectivity index (χ2n) is 8.42. The van der Waals surface area contributed by atoms with Crippen molar-refractivity contribution in [2.75, 3.05) is 11.9 Å². The molecule has 1 aromatic carbocycles. The molecular weight excluding hydrogens is 358 g/mol. The van der Waals surface area contributed by atoms with Crippen molar-refractivity contribution in [3.8, 4) is 0 Å². The summed E-state index contributed by atoms with van der Waals surface area (Å²) in [6.07, 6.45) is 1.21. The smallest absolute Gasteiger partial charge is 0.410 e. The van der Waals surface area contributed by atoms with E-state index in [-0.39, 0.29) is 17.9 Å². The first kappa shape index (κ1) is 21.7. The number of nitrogens with zero attached hydrogens (tertiary/aromatic N) is 1. The Bertz CT molecular complexity index is 707. The van der Waals surface area contributed by atoms with Gasteiger partial charge in [0.25, 0.3) is 0 Å². The third-order valence-corrected chi connectivity index (χ3v) is 4.22. The summed E-state index contributed by atoms with van der Waals surface area (Å²) in [6, 6.07) is 6.73. The maximum absolute atomic E-state index is 12.7. The molecule has 0 bridgehead atoms. The minimum atomic E-state index is -0.599. The van der Waals surface area contributed by atoms with Crippen LogP contribution < -0.4 is 10.6 Å². The number of hydrogen-bond acceptors (Lipinski definition) is 4. The molecule has 0 aliphatic carbocycles. The third-order valence-electron chi connectivity index (χ3n) is 4.22. The molecule has 1 aromatic rings. The third kappa shape index (κ3) is 6.55. The summed E-state index contributed by atoms with van der Waals surface area (Å²) in [6.45, 7) is 9.76. The van der Waals surface area contributed by atoms with Crippen molar-refractivity contribution < 1.29 is 19.1 Å². The molecule has 7 heteroatoms. The van der Waals surface area contributed by atoms with Gasteiger partial charge in [-0.1, -0.05) is 12.1 Å². The van der Waals surface area contributed by atoms with Crippen molar-refractivity contribution in [1.29, 1.82) is 0 Å². The van der Waals surface area contributed by atoms with Gasteiger partial charge < -0.3 is 15.4 Å². The Morgan fingerprint density at radius 3 is 2.39 bits per heavy atom. The van der Waals surface area contributed by atoms with E-state index in [0.717, 1.165) is 12.0 Å². The van der Waals surface area contributed by atoms with Crippen molar-refractivity contribution in [1.82, 2.24) is 10.2 Å². The summed E-state index contributed by atoms with van der Waals surface area (Å²) in [4.78, 5) is 38.3. The van der Waals surface area contributed by atoms with E-state index in [1.807, 2.05) is 26.0 Å². The van der Waals surface area contributed by atoms with Crippen LogP contribution in [0.15, 0.2) is 24.3 Å². The quantitative estimate of drug-likeness (QED) is 0.810. The minimum absolute atomic E-state index is 0.0363. The lowest BCUT2D eigenvalue weighted by Gasteiger charge is -2.28. The monoisotopic (exact) mass is 389 g/mol. The van der Waals surface area contributed by atoms with E-state index in [1.54, 1.807) is 32.9 Å². The highest BCUT2D eigenvalue weighted by atomic mass is 16.6. The molecule has 1 aliphatic rings. The number of nitrogens with one attached hydrogen (secondary N) is 2. The number of carbonyl (C=O) groups is 3. The molecule has 0 saturated carbocycles. The number of carbonyl (C=O) groups excluding carboxylic acids is 3. The van der Waals surface area contributed by atoms with Crippen molar-refractivity contribution in [2.45, 2.75) is 71.6 Å². The van der Waals surface area contributed by atoms with Gasteiger partial charge in [0.05, 0.1) is 6.42 Å². The topological polar surface area (TPSA) is 87.7 Å². The molecule has 3 amide bonds. The average Bonchev–Trinajstić information content (AvgIpc) is 3.04. The first-order valence-electron chi connectivity index (χ1n) is 9.74. The van der Waals surface area contributed by atoms with E-state index in [9.17, 15) is 14.4 Å². The van der Waals surface area contributed by atoms with Gasteiger partial charge in [0, 0.05) is 18.3 Å². The Labute approximate surface area is 166 Å². The normalized spacial score (nSPS) is 16.8. The molecule has 7 nitrogen and oxygen atoms in total. The molecule has 1 saturated heterocycles. The number of anilines is 1. The van der Waals surface area contributed by atoms with Gasteiger partial charge in [-0.15, -0.1) is 0 Å². The highest BCUT2D eigenvalue weighted by Gasteiger charge is 2.36. The second-order valence-corrected chi connectivity index (χ2v) is 8.42. The average molecular weight is 389 g/mol. The lowest BCUT2D eigenvalue weighted by atomic mass is 10.1. The summed E-state index contributed by atoms with van der Waals surface area (Å²) >= 11 is 0. The molecule has 28 heavy (non-hydrogen) atoms. The Hall–Kier alpha value is -2.57. The van der Waals surface area contributed by atoms with Crippen molar-refractivity contribution in [3.63, 3.8) is 0 Å². The van der Waals surface area contributed by atoms with Crippen LogP contribution in [-0.2, 0) is 20.7 Å². The fourth-order valence-corrected chi connectivity index (χ4v) is 3.07. The summed E-state index contributed by atoms with van der Waals surface area (Å²) in [5.41, 5.74) is 0.903. The van der Waals surface area contributed by atoms with Crippen LogP contribution in [0.4, 0.5) is 10.5 Å². The van der Waals surface area contributed by atoms with Crippen LogP contribution in [0.1, 0.15) is 53.0 Å². The standard InChI is InChI=1S/C21H31N3O4/c1-14(2)22-18(25)13-15-8-10-16(11-9-15)23-19(26)17-7-6-12-24(17)20(27)28-21(3,4)5/h8-11,14,17H,6-7,12-13H2,1-5H3,(H,22,25)(H,23,26)/t17-/m0/s1. The van der Waals surface area contributed by atoms with Crippen LogP contribution >= 0.6 is 0 Å². The van der Waals surface area contributed by atoms with Gasteiger partial charge >= 0.3 is 6.09 Å². The van der Waals surface area contributed by atoms with Crippen molar-refractivity contribution in [3.05, 3.63) is 29.8 Å². The zero-order valence-electron chi connectivity index (χ0n) is 17.4. The highest BCUT2D eigenvalue weighted by molar-refractivity contribution is 5.97. The minimum Gasteiger partial charge on any atom is -0.444 e. The van der Waals surface area contributed by atoms with Crippen LogP contribution in [0.3, 0.4) is 0 Å². The maximum atomic E-state index is 12.7. The van der Waals surface area contributed by atoms with Crippen molar-refractivity contribution in [2.24, 2.45) is 0 Å². The molecule has 2 rings (SSSR count). The fourth-order valence-electron chi connectivity index (χ4n) is 3.07. The molecule has 154 valence electrons. The Kier molecular flexibility index (Phi) is 7.05. The number of likely N-dealkylation sites (tertiary alicyclic amines) is 1. The Morgan fingerprint density at radius 2 is 1.82 bits per heavy atom. The van der Waals surface area contributed by atoms with E-state index in [2.05, 4.69) is 10.6 Å². The van der Waals surface area contributed by atoms with Crippen LogP contribution in [0.25, 0.3) is 0 Å². The molecule has 2 N–H and O–H groups in total. The van der Waals surface area contributed by atoms with Gasteiger partial charge in [-0.25, -0.2) is 4.79 Å². The fraction of sp³-hybridized carbons (Fsp3) is 0.571. The zero-order valence-corrected chi connectivity index (χ0v) is 17.4. The molecule has 0 radical (unpaired) electrons. The summed E-state index contributed by atoms with van der Waals surface area (Å²) in [5, 5.41) is 5.70. The number of amides is 3. The molecule has 1 heterocycles. The van der Waals surface area contributed by atoms with Gasteiger partial charge in [0.2, 0.25) is 11.8 Å². The Balaban J connectivity index is 1.94. The van der Waals surface area contributed by atoms with E-state index in [0.29, 0.717) is 25.1 Å². The van der Waals surface area contributed by atoms with Gasteiger partial charge in [-0.05, 0) is 65.2 Å². The van der Waals surface area contributed by atoms with E-state index in [4.69, 9.17) is 4.74 Å². The van der Waals surface area contributed by atoms with Gasteiger partial charge in [0.15, 0.2) is 0 Å². The molecular formula is C21H31N3O4. The van der Waals surface area contributed by atoms with Gasteiger partial charge in [0.1, 0.15) is 11.6 Å². The molecule has 1 aliphatic heterocycles. The lowest BCUT2D eigenvalue weighted by molar-refractivity contribution is -0.121. The highest BCUT2D eigenvalue weighted by Crippen LogP contribution is 2.22. The molecule has 0 spiro atoms. The number of ether oxygens (including phenoxy) is 1. The van der Waals surface area contributed by atoms with E-state index >= 15 is 0 Å². The van der Waals surface area contributed by atoms with Gasteiger partial charge in [-0.2, -0.15) is 0 Å². The predicted molar refractivity (Wildman–Crippen MR) is 108 cm³/mol.